The number of aromatic nitrogens is 3. The highest BCUT2D eigenvalue weighted by atomic mass is 19.4. The molecule has 9 heteroatoms. The molecule has 0 radical (unpaired) electrons. The molecular weight excluding hydrogens is 381 g/mol. The highest BCUT2D eigenvalue weighted by Gasteiger charge is 2.31. The Bertz CT molecular complexity index is 1060. The molecule has 0 saturated heterocycles. The van der Waals surface area contributed by atoms with Gasteiger partial charge in [-0.3, -0.25) is 4.79 Å². The summed E-state index contributed by atoms with van der Waals surface area (Å²) in [7, 11) is 0. The van der Waals surface area contributed by atoms with E-state index in [1.54, 1.807) is 0 Å². The zero-order valence-corrected chi connectivity index (χ0v) is 14.9. The predicted molar refractivity (Wildman–Crippen MR) is 93.7 cm³/mol. The maximum Gasteiger partial charge on any atom is 0.419 e. The Balaban J connectivity index is 2.08. The summed E-state index contributed by atoms with van der Waals surface area (Å²) in [5, 5.41) is -0.290. The molecule has 0 aliphatic rings. The molecule has 0 atom stereocenters. The topological polar surface area (TPSA) is 47.8 Å². The Labute approximate surface area is 156 Å². The van der Waals surface area contributed by atoms with Crippen LogP contribution in [0.4, 0.5) is 22.0 Å². The van der Waals surface area contributed by atoms with Gasteiger partial charge in [0.1, 0.15) is 0 Å². The fourth-order valence-electron chi connectivity index (χ4n) is 2.86. The van der Waals surface area contributed by atoms with E-state index in [-0.39, 0.29) is 5.39 Å². The van der Waals surface area contributed by atoms with Crippen molar-refractivity contribution in [1.29, 1.82) is 0 Å². The van der Waals surface area contributed by atoms with Gasteiger partial charge in [-0.2, -0.15) is 13.2 Å². The molecule has 0 unspecified atom stereocenters. The van der Waals surface area contributed by atoms with Gasteiger partial charge in [0.15, 0.2) is 17.5 Å². The smallest absolute Gasteiger partial charge is 0.315 e. The van der Waals surface area contributed by atoms with E-state index in [1.807, 2.05) is 6.92 Å². The van der Waals surface area contributed by atoms with E-state index in [4.69, 9.17) is 0 Å². The Hall–Kier alpha value is -2.84. The summed E-state index contributed by atoms with van der Waals surface area (Å²) >= 11 is 0. The second-order valence-corrected chi connectivity index (χ2v) is 6.33. The van der Waals surface area contributed by atoms with Gasteiger partial charge in [-0.05, 0) is 23.9 Å². The largest absolute Gasteiger partial charge is 0.419 e. The van der Waals surface area contributed by atoms with Crippen molar-refractivity contribution < 1.29 is 22.0 Å². The molecule has 4 nitrogen and oxygen atoms in total. The molecule has 28 heavy (non-hydrogen) atoms. The van der Waals surface area contributed by atoms with Crippen molar-refractivity contribution in [3.05, 3.63) is 58.3 Å². The Morgan fingerprint density at radius 2 is 1.75 bits per heavy atom. The fourth-order valence-corrected chi connectivity index (χ4v) is 2.86. The van der Waals surface area contributed by atoms with Crippen molar-refractivity contribution in [2.24, 2.45) is 0 Å². The Morgan fingerprint density at radius 3 is 2.36 bits per heavy atom. The lowest BCUT2D eigenvalue weighted by Crippen LogP contribution is -2.21. The third-order valence-electron chi connectivity index (χ3n) is 4.37. The first kappa shape index (κ1) is 19.9. The minimum atomic E-state index is -4.64. The monoisotopic (exact) mass is 397 g/mol. The minimum Gasteiger partial charge on any atom is -0.315 e. The summed E-state index contributed by atoms with van der Waals surface area (Å²) in [5.41, 5.74) is -2.18. The van der Waals surface area contributed by atoms with Crippen molar-refractivity contribution in [2.45, 2.75) is 38.9 Å². The van der Waals surface area contributed by atoms with Crippen molar-refractivity contribution in [3.63, 3.8) is 0 Å². The second-order valence-electron chi connectivity index (χ2n) is 6.33. The van der Waals surface area contributed by atoms with Gasteiger partial charge in [-0.1, -0.05) is 19.8 Å². The van der Waals surface area contributed by atoms with Crippen LogP contribution < -0.4 is 5.56 Å². The number of hydrogen-bond donors (Lipinski definition) is 0. The Kier molecular flexibility index (Phi) is 5.44. The highest BCUT2D eigenvalue weighted by Crippen LogP contribution is 2.30. The van der Waals surface area contributed by atoms with Gasteiger partial charge in [0, 0.05) is 25.1 Å². The van der Waals surface area contributed by atoms with E-state index in [9.17, 15) is 26.7 Å². The number of alkyl halides is 3. The first-order chi connectivity index (χ1) is 13.2. The van der Waals surface area contributed by atoms with Gasteiger partial charge >= 0.3 is 6.18 Å². The number of benzene rings is 1. The zero-order chi connectivity index (χ0) is 20.5. The number of hydrogen-bond acceptors (Lipinski definition) is 3. The normalized spacial score (nSPS) is 11.9. The van der Waals surface area contributed by atoms with Crippen molar-refractivity contribution >= 4 is 10.8 Å². The van der Waals surface area contributed by atoms with Gasteiger partial charge in [0.25, 0.3) is 5.56 Å². The Morgan fingerprint density at radius 1 is 1.07 bits per heavy atom. The average molecular weight is 397 g/mol. The summed E-state index contributed by atoms with van der Waals surface area (Å²) in [6, 6.07) is 2.62. The minimum absolute atomic E-state index is 0.120. The molecule has 0 aliphatic carbocycles. The van der Waals surface area contributed by atoms with Gasteiger partial charge in [-0.15, -0.1) is 0 Å². The van der Waals surface area contributed by atoms with Crippen LogP contribution in [0.1, 0.15) is 31.7 Å². The molecule has 148 valence electrons. The van der Waals surface area contributed by atoms with Gasteiger partial charge in [0.05, 0.1) is 16.5 Å². The molecule has 0 aliphatic heterocycles. The van der Waals surface area contributed by atoms with E-state index in [1.165, 1.54) is 16.8 Å². The molecule has 2 heterocycles. The van der Waals surface area contributed by atoms with E-state index in [0.717, 1.165) is 25.3 Å². The fraction of sp³-hybridized carbons (Fsp3) is 0.316. The van der Waals surface area contributed by atoms with Crippen LogP contribution in [0.15, 0.2) is 35.5 Å². The number of pyridine rings is 1. The molecule has 0 amide bonds. The molecule has 3 aromatic rings. The van der Waals surface area contributed by atoms with Crippen LogP contribution >= 0.6 is 0 Å². The maximum atomic E-state index is 14.6. The molecule has 0 spiro atoms. The molecular formula is C19H16F5N3O. The molecule has 0 saturated carbocycles. The molecule has 1 aromatic carbocycles. The van der Waals surface area contributed by atoms with Crippen LogP contribution in [0, 0.1) is 11.6 Å². The standard InChI is InChI=1S/C19H16F5N3O/c1-2-3-4-6-27-7-5-11-8-13(15(20)16(21)14(11)18(27)28)17-25-9-12(10-26-17)19(22,23)24/h5,7-10H,2-4,6H2,1H3. The van der Waals surface area contributed by atoms with Crippen molar-refractivity contribution in [3.8, 4) is 11.4 Å². The quantitative estimate of drug-likeness (QED) is 0.452. The van der Waals surface area contributed by atoms with Crippen LogP contribution in [-0.2, 0) is 12.7 Å². The van der Waals surface area contributed by atoms with Crippen LogP contribution in [0.2, 0.25) is 0 Å². The zero-order valence-electron chi connectivity index (χ0n) is 14.9. The van der Waals surface area contributed by atoms with Gasteiger partial charge in [0.2, 0.25) is 0 Å². The van der Waals surface area contributed by atoms with Gasteiger partial charge in [-0.25, -0.2) is 18.7 Å². The number of halogens is 5. The number of rotatable bonds is 5. The SMILES string of the molecule is CCCCCn1ccc2cc(-c3ncc(C(F)(F)F)cn3)c(F)c(F)c2c1=O. The van der Waals surface area contributed by atoms with E-state index < -0.39 is 45.7 Å². The second kappa shape index (κ2) is 7.65. The number of aryl methyl sites for hydroxylation is 1. The molecule has 2 aromatic heterocycles. The summed E-state index contributed by atoms with van der Waals surface area (Å²) in [6.07, 6.45) is 0.394. The van der Waals surface area contributed by atoms with E-state index >= 15 is 0 Å². The van der Waals surface area contributed by atoms with Crippen LogP contribution in [0.3, 0.4) is 0 Å². The summed E-state index contributed by atoms with van der Waals surface area (Å²) in [6.45, 7) is 2.39. The third kappa shape index (κ3) is 3.74. The van der Waals surface area contributed by atoms with E-state index in [2.05, 4.69) is 9.97 Å². The van der Waals surface area contributed by atoms with Gasteiger partial charge < -0.3 is 4.57 Å². The summed E-state index contributed by atoms with van der Waals surface area (Å²) in [4.78, 5) is 19.5. The lowest BCUT2D eigenvalue weighted by atomic mass is 10.1. The summed E-state index contributed by atoms with van der Waals surface area (Å²) in [5.74, 6) is -3.15. The average Bonchev–Trinajstić information content (AvgIpc) is 2.65. The summed E-state index contributed by atoms with van der Waals surface area (Å²) < 4.78 is 68.3. The maximum absolute atomic E-state index is 14.6. The molecule has 0 N–H and O–H groups in total. The van der Waals surface area contributed by atoms with Crippen LogP contribution in [0.25, 0.3) is 22.2 Å². The number of nitrogens with zero attached hydrogens (tertiary/aromatic N) is 3. The van der Waals surface area contributed by atoms with Crippen LogP contribution in [-0.4, -0.2) is 14.5 Å². The molecule has 0 fully saturated rings. The molecule has 3 rings (SSSR count). The lowest BCUT2D eigenvalue weighted by Gasteiger charge is -2.11. The first-order valence-electron chi connectivity index (χ1n) is 8.64. The molecule has 0 bridgehead atoms. The third-order valence-corrected chi connectivity index (χ3v) is 4.37. The number of fused-ring (bicyclic) bond motifs is 1. The van der Waals surface area contributed by atoms with Crippen molar-refractivity contribution in [2.75, 3.05) is 0 Å². The van der Waals surface area contributed by atoms with E-state index in [0.29, 0.717) is 18.9 Å². The van der Waals surface area contributed by atoms with Crippen LogP contribution in [0.5, 0.6) is 0 Å². The highest BCUT2D eigenvalue weighted by molar-refractivity contribution is 5.86. The number of unbranched alkanes of at least 4 members (excludes halogenated alkanes) is 2. The lowest BCUT2D eigenvalue weighted by molar-refractivity contribution is -0.138. The first-order valence-corrected chi connectivity index (χ1v) is 8.64. The van der Waals surface area contributed by atoms with Crippen molar-refractivity contribution in [1.82, 2.24) is 14.5 Å². The predicted octanol–water partition coefficient (Wildman–Crippen LogP) is 4.95.